The van der Waals surface area contributed by atoms with Crippen LogP contribution in [0, 0.1) is 5.95 Å². The number of likely N-dealkylation sites (N-methyl/N-ethyl adjacent to an activating group) is 1. The molecule has 0 aliphatic heterocycles. The minimum atomic E-state index is -0.510. The molecule has 0 fully saturated rings. The first-order valence-electron chi connectivity index (χ1n) is 5.01. The van der Waals surface area contributed by atoms with Gasteiger partial charge in [-0.3, -0.25) is 0 Å². The molecule has 0 aliphatic carbocycles. The van der Waals surface area contributed by atoms with Gasteiger partial charge in [0, 0.05) is 25.2 Å². The number of hydrogen-bond acceptors (Lipinski definition) is 4. The number of nitrogens with zero attached hydrogens (tertiary/aromatic N) is 3. The Kier molecular flexibility index (Phi) is 4.42. The van der Waals surface area contributed by atoms with Crippen LogP contribution in [0.15, 0.2) is 12.4 Å². The SMILES string of the molecule is CC(C)N(C)CCNc1cc(F)ncn1. The van der Waals surface area contributed by atoms with Crippen LogP contribution < -0.4 is 5.32 Å². The zero-order valence-corrected chi connectivity index (χ0v) is 9.37. The molecule has 0 unspecified atom stereocenters. The van der Waals surface area contributed by atoms with Gasteiger partial charge >= 0.3 is 0 Å². The van der Waals surface area contributed by atoms with Crippen molar-refractivity contribution in [1.82, 2.24) is 14.9 Å². The van der Waals surface area contributed by atoms with E-state index in [0.29, 0.717) is 11.9 Å². The van der Waals surface area contributed by atoms with Crippen LogP contribution in [-0.4, -0.2) is 41.0 Å². The van der Waals surface area contributed by atoms with Crippen molar-refractivity contribution in [1.29, 1.82) is 0 Å². The van der Waals surface area contributed by atoms with E-state index in [-0.39, 0.29) is 0 Å². The Hall–Kier alpha value is -1.23. The minimum Gasteiger partial charge on any atom is -0.369 e. The summed E-state index contributed by atoms with van der Waals surface area (Å²) in [7, 11) is 2.05. The van der Waals surface area contributed by atoms with E-state index >= 15 is 0 Å². The highest BCUT2D eigenvalue weighted by atomic mass is 19.1. The number of aromatic nitrogens is 2. The van der Waals surface area contributed by atoms with E-state index in [1.807, 2.05) is 7.05 Å². The zero-order chi connectivity index (χ0) is 11.3. The van der Waals surface area contributed by atoms with Gasteiger partial charge in [-0.1, -0.05) is 0 Å². The summed E-state index contributed by atoms with van der Waals surface area (Å²) in [6.45, 7) is 5.89. The van der Waals surface area contributed by atoms with Gasteiger partial charge in [0.2, 0.25) is 5.95 Å². The largest absolute Gasteiger partial charge is 0.369 e. The second kappa shape index (κ2) is 5.60. The third-order valence-corrected chi connectivity index (χ3v) is 2.29. The van der Waals surface area contributed by atoms with Gasteiger partial charge in [0.25, 0.3) is 0 Å². The maximum absolute atomic E-state index is 12.7. The fourth-order valence-corrected chi connectivity index (χ4v) is 1.05. The first-order chi connectivity index (χ1) is 7.09. The quantitative estimate of drug-likeness (QED) is 0.748. The molecule has 0 bridgehead atoms. The molecular formula is C10H17FN4. The lowest BCUT2D eigenvalue weighted by Gasteiger charge is -2.20. The lowest BCUT2D eigenvalue weighted by Crippen LogP contribution is -2.31. The summed E-state index contributed by atoms with van der Waals surface area (Å²) in [6.07, 6.45) is 1.21. The predicted octanol–water partition coefficient (Wildman–Crippen LogP) is 1.37. The fraction of sp³-hybridized carbons (Fsp3) is 0.600. The van der Waals surface area contributed by atoms with Crippen molar-refractivity contribution >= 4 is 5.82 Å². The maximum atomic E-state index is 12.7. The van der Waals surface area contributed by atoms with E-state index < -0.39 is 5.95 Å². The van der Waals surface area contributed by atoms with Crippen LogP contribution in [0.4, 0.5) is 10.2 Å². The average Bonchev–Trinajstić information content (AvgIpc) is 2.17. The fourth-order valence-electron chi connectivity index (χ4n) is 1.05. The highest BCUT2D eigenvalue weighted by Gasteiger charge is 2.02. The Balaban J connectivity index is 2.32. The van der Waals surface area contributed by atoms with E-state index in [0.717, 1.165) is 13.1 Å². The number of hydrogen-bond donors (Lipinski definition) is 1. The van der Waals surface area contributed by atoms with Gasteiger partial charge in [0.15, 0.2) is 0 Å². The number of nitrogens with one attached hydrogen (secondary N) is 1. The third-order valence-electron chi connectivity index (χ3n) is 2.29. The van der Waals surface area contributed by atoms with E-state index in [1.54, 1.807) is 0 Å². The standard InChI is InChI=1S/C10H17FN4/c1-8(2)15(3)5-4-12-10-6-9(11)13-7-14-10/h6-8H,4-5H2,1-3H3,(H,12,13,14). The van der Waals surface area contributed by atoms with Crippen molar-refractivity contribution in [3.05, 3.63) is 18.3 Å². The van der Waals surface area contributed by atoms with Gasteiger partial charge in [0.1, 0.15) is 12.1 Å². The Bertz CT molecular complexity index is 303. The van der Waals surface area contributed by atoms with E-state index in [4.69, 9.17) is 0 Å². The van der Waals surface area contributed by atoms with Gasteiger partial charge in [-0.2, -0.15) is 4.39 Å². The second-order valence-electron chi connectivity index (χ2n) is 3.73. The number of anilines is 1. The Morgan fingerprint density at radius 3 is 2.80 bits per heavy atom. The van der Waals surface area contributed by atoms with Crippen molar-refractivity contribution in [2.75, 3.05) is 25.5 Å². The molecule has 84 valence electrons. The summed E-state index contributed by atoms with van der Waals surface area (Å²) in [4.78, 5) is 9.48. The molecule has 4 nitrogen and oxygen atoms in total. The minimum absolute atomic E-state index is 0.508. The van der Waals surface area contributed by atoms with E-state index in [1.165, 1.54) is 12.4 Å². The summed E-state index contributed by atoms with van der Waals surface area (Å²) in [5, 5.41) is 3.04. The van der Waals surface area contributed by atoms with Crippen molar-refractivity contribution in [3.63, 3.8) is 0 Å². The molecule has 1 aromatic heterocycles. The van der Waals surface area contributed by atoms with Crippen LogP contribution in [0.3, 0.4) is 0 Å². The molecule has 0 amide bonds. The van der Waals surface area contributed by atoms with Gasteiger partial charge in [-0.05, 0) is 20.9 Å². The molecule has 1 rings (SSSR count). The molecule has 0 aliphatic rings. The van der Waals surface area contributed by atoms with E-state index in [2.05, 4.69) is 34.0 Å². The Morgan fingerprint density at radius 2 is 2.20 bits per heavy atom. The molecule has 0 saturated carbocycles. The van der Waals surface area contributed by atoms with Crippen LogP contribution >= 0.6 is 0 Å². The molecule has 0 aromatic carbocycles. The molecule has 0 spiro atoms. The molecule has 1 aromatic rings. The molecule has 15 heavy (non-hydrogen) atoms. The summed E-state index contributed by atoms with van der Waals surface area (Å²) in [5.74, 6) is 0.0179. The van der Waals surface area contributed by atoms with Gasteiger partial charge < -0.3 is 10.2 Å². The summed E-state index contributed by atoms with van der Waals surface area (Å²) in [5.41, 5.74) is 0. The summed E-state index contributed by atoms with van der Waals surface area (Å²) >= 11 is 0. The van der Waals surface area contributed by atoms with Gasteiger partial charge in [0.05, 0.1) is 0 Å². The molecule has 0 radical (unpaired) electrons. The maximum Gasteiger partial charge on any atom is 0.217 e. The normalized spacial score (nSPS) is 11.1. The smallest absolute Gasteiger partial charge is 0.217 e. The van der Waals surface area contributed by atoms with Crippen molar-refractivity contribution in [3.8, 4) is 0 Å². The number of halogens is 1. The van der Waals surface area contributed by atoms with Gasteiger partial charge in [-0.15, -0.1) is 0 Å². The first kappa shape index (κ1) is 11.8. The lowest BCUT2D eigenvalue weighted by molar-refractivity contribution is 0.284. The van der Waals surface area contributed by atoms with Crippen LogP contribution in [0.2, 0.25) is 0 Å². The van der Waals surface area contributed by atoms with E-state index in [9.17, 15) is 4.39 Å². The molecule has 1 N–H and O–H groups in total. The predicted molar refractivity (Wildman–Crippen MR) is 58.2 cm³/mol. The molecule has 1 heterocycles. The topological polar surface area (TPSA) is 41.0 Å². The molecular weight excluding hydrogens is 195 g/mol. The van der Waals surface area contributed by atoms with Crippen LogP contribution in [0.1, 0.15) is 13.8 Å². The average molecular weight is 212 g/mol. The Labute approximate surface area is 89.5 Å². The van der Waals surface area contributed by atoms with Crippen molar-refractivity contribution < 1.29 is 4.39 Å². The first-order valence-corrected chi connectivity index (χ1v) is 5.01. The van der Waals surface area contributed by atoms with Crippen molar-refractivity contribution in [2.45, 2.75) is 19.9 Å². The number of rotatable bonds is 5. The molecule has 0 saturated heterocycles. The van der Waals surface area contributed by atoms with Crippen molar-refractivity contribution in [2.24, 2.45) is 0 Å². The lowest BCUT2D eigenvalue weighted by atomic mass is 10.3. The third kappa shape index (κ3) is 4.20. The molecule has 0 atom stereocenters. The highest BCUT2D eigenvalue weighted by molar-refractivity contribution is 5.31. The van der Waals surface area contributed by atoms with Crippen LogP contribution in [0.25, 0.3) is 0 Å². The van der Waals surface area contributed by atoms with Crippen LogP contribution in [-0.2, 0) is 0 Å². The highest BCUT2D eigenvalue weighted by Crippen LogP contribution is 2.01. The Morgan fingerprint density at radius 1 is 1.47 bits per heavy atom. The monoisotopic (exact) mass is 212 g/mol. The second-order valence-corrected chi connectivity index (χ2v) is 3.73. The summed E-state index contributed by atoms with van der Waals surface area (Å²) < 4.78 is 12.7. The van der Waals surface area contributed by atoms with Crippen LogP contribution in [0.5, 0.6) is 0 Å². The summed E-state index contributed by atoms with van der Waals surface area (Å²) in [6, 6.07) is 1.80. The zero-order valence-electron chi connectivity index (χ0n) is 9.37. The molecule has 5 heteroatoms. The van der Waals surface area contributed by atoms with Gasteiger partial charge in [-0.25, -0.2) is 9.97 Å².